The molecule has 5 rings (SSSR count). The zero-order valence-electron chi connectivity index (χ0n) is 21.9. The first kappa shape index (κ1) is 25.1. The maximum Gasteiger partial charge on any atom is 0.119 e. The molecule has 0 amide bonds. The third-order valence-electron chi connectivity index (χ3n) is 7.30. The van der Waals surface area contributed by atoms with E-state index < -0.39 is 5.41 Å². The Kier molecular flexibility index (Phi) is 7.31. The van der Waals surface area contributed by atoms with Crippen molar-refractivity contribution in [2.24, 2.45) is 0 Å². The highest BCUT2D eigenvalue weighted by molar-refractivity contribution is 5.86. The molecule has 4 nitrogen and oxygen atoms in total. The van der Waals surface area contributed by atoms with Crippen molar-refractivity contribution in [3.8, 4) is 22.6 Å². The van der Waals surface area contributed by atoms with Crippen molar-refractivity contribution in [1.29, 1.82) is 0 Å². The molecule has 37 heavy (non-hydrogen) atoms. The first-order valence-electron chi connectivity index (χ1n) is 12.8. The highest BCUT2D eigenvalue weighted by atomic mass is 16.5. The van der Waals surface area contributed by atoms with E-state index in [1.807, 2.05) is 13.8 Å². The van der Waals surface area contributed by atoms with Crippen LogP contribution < -0.4 is 9.47 Å². The second kappa shape index (κ2) is 10.8. The van der Waals surface area contributed by atoms with E-state index in [1.54, 1.807) is 14.2 Å². The summed E-state index contributed by atoms with van der Waals surface area (Å²) in [6, 6.07) is 34.5. The normalized spacial score (nSPS) is 14.9. The minimum atomic E-state index is -0.454. The standard InChI is InChI=1S/C33H34O4/c1-23(34-3)21-36-27-17-13-25(14-18-27)33(26-15-19-28(20-16-26)37-22-24(2)35-4)31-11-7-5-9-29(31)30-10-6-8-12-32(30)33/h5-20,23-24H,21-22H2,1-4H3. The van der Waals surface area contributed by atoms with Crippen molar-refractivity contribution in [3.05, 3.63) is 119 Å². The van der Waals surface area contributed by atoms with E-state index in [0.29, 0.717) is 13.2 Å². The molecular formula is C33H34O4. The molecule has 4 aromatic rings. The fraction of sp³-hybridized carbons (Fsp3) is 0.273. The zero-order chi connectivity index (χ0) is 25.8. The number of rotatable bonds is 10. The molecule has 0 bridgehead atoms. The summed E-state index contributed by atoms with van der Waals surface area (Å²) in [5.41, 5.74) is 7.02. The molecule has 0 saturated heterocycles. The van der Waals surface area contributed by atoms with E-state index in [9.17, 15) is 0 Å². The summed E-state index contributed by atoms with van der Waals surface area (Å²) < 4.78 is 22.6. The average molecular weight is 495 g/mol. The predicted octanol–water partition coefficient (Wildman–Crippen LogP) is 6.88. The third kappa shape index (κ3) is 4.63. The van der Waals surface area contributed by atoms with Gasteiger partial charge in [-0.25, -0.2) is 0 Å². The molecule has 0 radical (unpaired) electrons. The van der Waals surface area contributed by atoms with Crippen LogP contribution in [0.4, 0.5) is 0 Å². The smallest absolute Gasteiger partial charge is 0.119 e. The highest BCUT2D eigenvalue weighted by Gasteiger charge is 2.45. The second-order valence-corrected chi connectivity index (χ2v) is 9.60. The number of methoxy groups -OCH3 is 2. The molecule has 1 aliphatic rings. The third-order valence-corrected chi connectivity index (χ3v) is 7.30. The molecule has 0 spiro atoms. The number of hydrogen-bond acceptors (Lipinski definition) is 4. The molecular weight excluding hydrogens is 460 g/mol. The van der Waals surface area contributed by atoms with Gasteiger partial charge in [0.15, 0.2) is 0 Å². The van der Waals surface area contributed by atoms with Crippen LogP contribution >= 0.6 is 0 Å². The minimum absolute atomic E-state index is 0.0345. The van der Waals surface area contributed by atoms with Crippen LogP contribution in [0.3, 0.4) is 0 Å². The van der Waals surface area contributed by atoms with Gasteiger partial charge in [0.05, 0.1) is 17.6 Å². The molecule has 0 aromatic heterocycles. The Hall–Kier alpha value is -3.60. The lowest BCUT2D eigenvalue weighted by atomic mass is 9.68. The van der Waals surface area contributed by atoms with Gasteiger partial charge in [-0.1, -0.05) is 72.8 Å². The summed E-state index contributed by atoms with van der Waals surface area (Å²) in [6.07, 6.45) is 0.0689. The fourth-order valence-electron chi connectivity index (χ4n) is 5.19. The molecule has 0 N–H and O–H groups in total. The van der Waals surface area contributed by atoms with Crippen LogP contribution in [0.2, 0.25) is 0 Å². The van der Waals surface area contributed by atoms with Crippen molar-refractivity contribution >= 4 is 0 Å². The van der Waals surface area contributed by atoms with Gasteiger partial charge in [-0.2, -0.15) is 0 Å². The highest BCUT2D eigenvalue weighted by Crippen LogP contribution is 2.56. The summed E-state index contributed by atoms with van der Waals surface area (Å²) in [7, 11) is 3.40. The first-order chi connectivity index (χ1) is 18.1. The van der Waals surface area contributed by atoms with Crippen molar-refractivity contribution in [2.75, 3.05) is 27.4 Å². The summed E-state index contributed by atoms with van der Waals surface area (Å²) in [5, 5.41) is 0. The lowest BCUT2D eigenvalue weighted by Gasteiger charge is -2.34. The molecule has 1 aliphatic carbocycles. The Morgan fingerprint density at radius 1 is 0.541 bits per heavy atom. The van der Waals surface area contributed by atoms with Crippen molar-refractivity contribution in [3.63, 3.8) is 0 Å². The van der Waals surface area contributed by atoms with Crippen LogP contribution in [-0.4, -0.2) is 39.6 Å². The van der Waals surface area contributed by atoms with Gasteiger partial charge in [-0.05, 0) is 71.5 Å². The molecule has 2 unspecified atom stereocenters. The van der Waals surface area contributed by atoms with Crippen molar-refractivity contribution in [2.45, 2.75) is 31.5 Å². The Balaban J connectivity index is 1.61. The predicted molar refractivity (Wildman–Crippen MR) is 148 cm³/mol. The molecule has 190 valence electrons. The fourth-order valence-corrected chi connectivity index (χ4v) is 5.19. The van der Waals surface area contributed by atoms with Crippen molar-refractivity contribution in [1.82, 2.24) is 0 Å². The van der Waals surface area contributed by atoms with Crippen LogP contribution in [-0.2, 0) is 14.9 Å². The quantitative estimate of drug-likeness (QED) is 0.212. The minimum Gasteiger partial charge on any atom is -0.491 e. The van der Waals surface area contributed by atoms with E-state index in [0.717, 1.165) is 11.5 Å². The number of ether oxygens (including phenoxy) is 4. The number of benzene rings is 4. The maximum absolute atomic E-state index is 5.97. The Morgan fingerprint density at radius 2 is 0.919 bits per heavy atom. The zero-order valence-corrected chi connectivity index (χ0v) is 21.9. The summed E-state index contributed by atoms with van der Waals surface area (Å²) >= 11 is 0. The van der Waals surface area contributed by atoms with E-state index in [1.165, 1.54) is 33.4 Å². The van der Waals surface area contributed by atoms with Gasteiger partial charge in [0.2, 0.25) is 0 Å². The average Bonchev–Trinajstić information content (AvgIpc) is 3.26. The van der Waals surface area contributed by atoms with Crippen LogP contribution in [0, 0.1) is 0 Å². The van der Waals surface area contributed by atoms with E-state index >= 15 is 0 Å². The topological polar surface area (TPSA) is 36.9 Å². The SMILES string of the molecule is COC(C)COc1ccc(C2(c3ccc(OCC(C)OC)cc3)c3ccccc3-c3ccccc32)cc1. The summed E-state index contributed by atoms with van der Waals surface area (Å²) in [4.78, 5) is 0. The molecule has 0 heterocycles. The molecule has 2 atom stereocenters. The van der Waals surface area contributed by atoms with E-state index in [-0.39, 0.29) is 12.2 Å². The Morgan fingerprint density at radius 3 is 1.30 bits per heavy atom. The molecule has 0 fully saturated rings. The molecule has 4 aromatic carbocycles. The summed E-state index contributed by atoms with van der Waals surface area (Å²) in [5.74, 6) is 1.66. The van der Waals surface area contributed by atoms with Crippen LogP contribution in [0.5, 0.6) is 11.5 Å². The monoisotopic (exact) mass is 494 g/mol. The lowest BCUT2D eigenvalue weighted by molar-refractivity contribution is 0.0716. The van der Waals surface area contributed by atoms with Crippen molar-refractivity contribution < 1.29 is 18.9 Å². The van der Waals surface area contributed by atoms with Crippen LogP contribution in [0.25, 0.3) is 11.1 Å². The van der Waals surface area contributed by atoms with Crippen LogP contribution in [0.15, 0.2) is 97.1 Å². The van der Waals surface area contributed by atoms with Gasteiger partial charge >= 0.3 is 0 Å². The first-order valence-corrected chi connectivity index (χ1v) is 12.8. The van der Waals surface area contributed by atoms with Gasteiger partial charge in [-0.3, -0.25) is 0 Å². The second-order valence-electron chi connectivity index (χ2n) is 9.60. The number of hydrogen-bond donors (Lipinski definition) is 0. The van der Waals surface area contributed by atoms with Gasteiger partial charge < -0.3 is 18.9 Å². The van der Waals surface area contributed by atoms with Gasteiger partial charge in [0.25, 0.3) is 0 Å². The van der Waals surface area contributed by atoms with Gasteiger partial charge in [0.1, 0.15) is 24.7 Å². The molecule has 0 saturated carbocycles. The molecule has 0 aliphatic heterocycles. The Bertz CT molecular complexity index is 1220. The van der Waals surface area contributed by atoms with Gasteiger partial charge in [0, 0.05) is 14.2 Å². The maximum atomic E-state index is 5.97. The van der Waals surface area contributed by atoms with E-state index in [4.69, 9.17) is 18.9 Å². The molecule has 4 heteroatoms. The number of fused-ring (bicyclic) bond motifs is 3. The Labute approximate surface area is 219 Å². The van der Waals surface area contributed by atoms with Crippen LogP contribution in [0.1, 0.15) is 36.1 Å². The largest absolute Gasteiger partial charge is 0.491 e. The van der Waals surface area contributed by atoms with Gasteiger partial charge in [-0.15, -0.1) is 0 Å². The summed E-state index contributed by atoms with van der Waals surface area (Å²) in [6.45, 7) is 5.02. The van der Waals surface area contributed by atoms with E-state index in [2.05, 4.69) is 97.1 Å². The lowest BCUT2D eigenvalue weighted by Crippen LogP contribution is -2.28.